The maximum Gasteiger partial charge on any atom is 0.416 e. The Hall–Kier alpha value is -2.70. The Bertz CT molecular complexity index is 712. The van der Waals surface area contributed by atoms with Crippen LogP contribution in [-0.4, -0.2) is 26.5 Å². The van der Waals surface area contributed by atoms with Gasteiger partial charge in [-0.3, -0.25) is 4.79 Å². The summed E-state index contributed by atoms with van der Waals surface area (Å²) in [5, 5.41) is 5.58. The summed E-state index contributed by atoms with van der Waals surface area (Å²) < 4.78 is 37.9. The number of anilines is 3. The van der Waals surface area contributed by atoms with E-state index in [1.54, 1.807) is 12.1 Å². The van der Waals surface area contributed by atoms with E-state index in [0.29, 0.717) is 11.4 Å². The lowest BCUT2D eigenvalue weighted by molar-refractivity contribution is -0.137. The van der Waals surface area contributed by atoms with E-state index in [4.69, 9.17) is 0 Å². The number of carbonyl (C=O) groups excluding carboxylic acids is 1. The van der Waals surface area contributed by atoms with Crippen molar-refractivity contribution in [1.29, 1.82) is 0 Å². The number of amides is 1. The lowest BCUT2D eigenvalue weighted by Crippen LogP contribution is -2.16. The molecule has 0 spiro atoms. The lowest BCUT2D eigenvalue weighted by Gasteiger charge is -2.13. The fourth-order valence-electron chi connectivity index (χ4n) is 2.19. The highest BCUT2D eigenvalue weighted by Crippen LogP contribution is 2.30. The fourth-order valence-corrected chi connectivity index (χ4v) is 2.19. The first-order chi connectivity index (χ1) is 11.8. The van der Waals surface area contributed by atoms with Gasteiger partial charge in [-0.2, -0.15) is 13.2 Å². The van der Waals surface area contributed by atoms with Crippen molar-refractivity contribution >= 4 is 23.0 Å². The van der Waals surface area contributed by atoms with Crippen LogP contribution in [0.2, 0.25) is 0 Å². The Morgan fingerprint density at radius 2 is 1.72 bits per heavy atom. The number of hydrogen-bond donors (Lipinski definition) is 2. The van der Waals surface area contributed by atoms with E-state index >= 15 is 0 Å². The number of carbonyl (C=O) groups is 1. The molecule has 0 bridgehead atoms. The molecule has 2 aromatic carbocycles. The molecule has 0 saturated heterocycles. The number of rotatable bonds is 6. The highest BCUT2D eigenvalue weighted by atomic mass is 19.4. The largest absolute Gasteiger partial charge is 0.416 e. The van der Waals surface area contributed by atoms with Gasteiger partial charge in [-0.05, 0) is 42.5 Å². The molecule has 0 radical (unpaired) electrons. The monoisotopic (exact) mass is 351 g/mol. The Labute approximate surface area is 144 Å². The van der Waals surface area contributed by atoms with Crippen LogP contribution in [0.15, 0.2) is 48.5 Å². The van der Waals surface area contributed by atoms with Crippen LogP contribution >= 0.6 is 0 Å². The van der Waals surface area contributed by atoms with Crippen molar-refractivity contribution < 1.29 is 18.0 Å². The van der Waals surface area contributed by atoms with Crippen molar-refractivity contribution in [2.75, 3.05) is 36.2 Å². The topological polar surface area (TPSA) is 44.4 Å². The summed E-state index contributed by atoms with van der Waals surface area (Å²) in [6.07, 6.45) is -4.24. The average Bonchev–Trinajstić information content (AvgIpc) is 2.55. The van der Waals surface area contributed by atoms with E-state index < -0.39 is 11.7 Å². The maximum absolute atomic E-state index is 12.6. The Morgan fingerprint density at radius 1 is 1.04 bits per heavy atom. The fraction of sp³-hybridized carbons (Fsp3) is 0.278. The highest BCUT2D eigenvalue weighted by Gasteiger charge is 2.30. The molecule has 2 N–H and O–H groups in total. The summed E-state index contributed by atoms with van der Waals surface area (Å²) >= 11 is 0. The van der Waals surface area contributed by atoms with Crippen LogP contribution in [0, 0.1) is 0 Å². The second-order valence-corrected chi connectivity index (χ2v) is 5.74. The third-order valence-corrected chi connectivity index (χ3v) is 3.54. The van der Waals surface area contributed by atoms with Gasteiger partial charge in [-0.1, -0.05) is 6.07 Å². The summed E-state index contributed by atoms with van der Waals surface area (Å²) in [6, 6.07) is 12.3. The molecule has 0 saturated carbocycles. The molecule has 0 unspecified atom stereocenters. The van der Waals surface area contributed by atoms with Crippen molar-refractivity contribution in [3.8, 4) is 0 Å². The van der Waals surface area contributed by atoms with Crippen LogP contribution in [0.1, 0.15) is 12.0 Å². The van der Waals surface area contributed by atoms with E-state index in [1.165, 1.54) is 12.1 Å². The molecule has 134 valence electrons. The van der Waals surface area contributed by atoms with Crippen LogP contribution in [-0.2, 0) is 11.0 Å². The van der Waals surface area contributed by atoms with Crippen LogP contribution in [0.3, 0.4) is 0 Å². The first-order valence-corrected chi connectivity index (χ1v) is 7.74. The van der Waals surface area contributed by atoms with Crippen LogP contribution in [0.25, 0.3) is 0 Å². The van der Waals surface area contributed by atoms with Crippen molar-refractivity contribution in [2.45, 2.75) is 12.6 Å². The molecular formula is C18H20F3N3O. The molecule has 1 amide bonds. The van der Waals surface area contributed by atoms with Gasteiger partial charge in [0.05, 0.1) is 5.56 Å². The molecular weight excluding hydrogens is 331 g/mol. The number of halogens is 3. The van der Waals surface area contributed by atoms with Gasteiger partial charge in [0.25, 0.3) is 0 Å². The van der Waals surface area contributed by atoms with Gasteiger partial charge in [-0.15, -0.1) is 0 Å². The van der Waals surface area contributed by atoms with Gasteiger partial charge >= 0.3 is 6.18 Å². The average molecular weight is 351 g/mol. The predicted molar refractivity (Wildman–Crippen MR) is 93.9 cm³/mol. The van der Waals surface area contributed by atoms with Crippen LogP contribution in [0.5, 0.6) is 0 Å². The van der Waals surface area contributed by atoms with Gasteiger partial charge in [0.2, 0.25) is 5.91 Å². The molecule has 0 atom stereocenters. The summed E-state index contributed by atoms with van der Waals surface area (Å²) in [5.74, 6) is -0.211. The molecule has 0 aliphatic heterocycles. The minimum Gasteiger partial charge on any atom is -0.385 e. The predicted octanol–water partition coefficient (Wildman–Crippen LogP) is 4.21. The minimum atomic E-state index is -4.38. The van der Waals surface area contributed by atoms with Crippen molar-refractivity contribution in [1.82, 2.24) is 0 Å². The summed E-state index contributed by atoms with van der Waals surface area (Å²) in [4.78, 5) is 13.9. The van der Waals surface area contributed by atoms with E-state index in [1.807, 2.05) is 31.1 Å². The van der Waals surface area contributed by atoms with Crippen LogP contribution < -0.4 is 15.5 Å². The molecule has 0 aliphatic carbocycles. The lowest BCUT2D eigenvalue weighted by atomic mass is 10.2. The summed E-state index contributed by atoms with van der Waals surface area (Å²) in [5.41, 5.74) is 1.31. The van der Waals surface area contributed by atoms with E-state index in [-0.39, 0.29) is 18.9 Å². The second kappa shape index (κ2) is 7.92. The first kappa shape index (κ1) is 18.6. The van der Waals surface area contributed by atoms with Gasteiger partial charge < -0.3 is 15.5 Å². The molecule has 2 aromatic rings. The van der Waals surface area contributed by atoms with E-state index in [2.05, 4.69) is 10.6 Å². The third-order valence-electron chi connectivity index (χ3n) is 3.54. The summed E-state index contributed by atoms with van der Waals surface area (Å²) in [7, 11) is 3.85. The molecule has 0 aliphatic rings. The van der Waals surface area contributed by atoms with Gasteiger partial charge in [0.1, 0.15) is 0 Å². The standard InChI is InChI=1S/C18H20F3N3O/c1-24(2)16-8-6-14(7-9-16)23-17(25)10-11-22-15-5-3-4-13(12-15)18(19,20)21/h3-9,12,22H,10-11H2,1-2H3,(H,23,25). The zero-order valence-corrected chi connectivity index (χ0v) is 14.0. The Balaban J connectivity index is 1.82. The highest BCUT2D eigenvalue weighted by molar-refractivity contribution is 5.91. The zero-order chi connectivity index (χ0) is 18.4. The zero-order valence-electron chi connectivity index (χ0n) is 14.0. The van der Waals surface area contributed by atoms with Gasteiger partial charge in [0, 0.05) is 44.1 Å². The molecule has 2 rings (SSSR count). The molecule has 0 heterocycles. The third kappa shape index (κ3) is 5.70. The molecule has 25 heavy (non-hydrogen) atoms. The molecule has 0 fully saturated rings. The normalized spacial score (nSPS) is 11.1. The summed E-state index contributed by atoms with van der Waals surface area (Å²) in [6.45, 7) is 0.239. The first-order valence-electron chi connectivity index (χ1n) is 7.74. The molecule has 0 aromatic heterocycles. The van der Waals surface area contributed by atoms with Gasteiger partial charge in [-0.25, -0.2) is 0 Å². The quantitative estimate of drug-likeness (QED) is 0.819. The Morgan fingerprint density at radius 3 is 2.32 bits per heavy atom. The molecule has 4 nitrogen and oxygen atoms in total. The smallest absolute Gasteiger partial charge is 0.385 e. The van der Waals surface area contributed by atoms with Crippen LogP contribution in [0.4, 0.5) is 30.2 Å². The number of alkyl halides is 3. The van der Waals surface area contributed by atoms with Crippen molar-refractivity contribution in [2.24, 2.45) is 0 Å². The SMILES string of the molecule is CN(C)c1ccc(NC(=O)CCNc2cccc(C(F)(F)F)c2)cc1. The Kier molecular flexibility index (Phi) is 5.90. The van der Waals surface area contributed by atoms with E-state index in [9.17, 15) is 18.0 Å². The number of nitrogens with zero attached hydrogens (tertiary/aromatic N) is 1. The number of hydrogen-bond acceptors (Lipinski definition) is 3. The maximum atomic E-state index is 12.6. The number of nitrogens with one attached hydrogen (secondary N) is 2. The second-order valence-electron chi connectivity index (χ2n) is 5.74. The van der Waals surface area contributed by atoms with Gasteiger partial charge in [0.15, 0.2) is 0 Å². The molecule has 7 heteroatoms. The van der Waals surface area contributed by atoms with E-state index in [0.717, 1.165) is 17.8 Å². The van der Waals surface area contributed by atoms with Crippen molar-refractivity contribution in [3.63, 3.8) is 0 Å². The minimum absolute atomic E-state index is 0.145. The van der Waals surface area contributed by atoms with Crippen molar-refractivity contribution in [3.05, 3.63) is 54.1 Å². The number of benzene rings is 2.